The molecule has 0 radical (unpaired) electrons. The highest BCUT2D eigenvalue weighted by atomic mass is 15.0. The quantitative estimate of drug-likeness (QED) is 0.750. The van der Waals surface area contributed by atoms with Crippen LogP contribution in [0.15, 0.2) is 24.4 Å². The SMILES string of the molecule is CCCC1CCc2nc3ccccn3c2C1. The van der Waals surface area contributed by atoms with E-state index < -0.39 is 0 Å². The number of aromatic nitrogens is 2. The average Bonchev–Trinajstić information content (AvgIpc) is 2.68. The highest BCUT2D eigenvalue weighted by Crippen LogP contribution is 2.28. The molecule has 16 heavy (non-hydrogen) atoms. The summed E-state index contributed by atoms with van der Waals surface area (Å²) in [5.41, 5.74) is 3.91. The molecule has 0 spiro atoms. The molecule has 3 rings (SSSR count). The zero-order chi connectivity index (χ0) is 11.0. The van der Waals surface area contributed by atoms with E-state index in [9.17, 15) is 0 Å². The Bertz CT molecular complexity index is 498. The maximum absolute atomic E-state index is 4.71. The van der Waals surface area contributed by atoms with Crippen molar-refractivity contribution in [3.05, 3.63) is 35.8 Å². The predicted molar refractivity (Wildman–Crippen MR) is 65.6 cm³/mol. The predicted octanol–water partition coefficient (Wildman–Crippen LogP) is 3.24. The van der Waals surface area contributed by atoms with Crippen LogP contribution in [0.25, 0.3) is 5.65 Å². The summed E-state index contributed by atoms with van der Waals surface area (Å²) < 4.78 is 2.27. The normalized spacial score (nSPS) is 19.9. The Morgan fingerprint density at radius 3 is 3.25 bits per heavy atom. The number of hydrogen-bond donors (Lipinski definition) is 0. The number of nitrogens with zero attached hydrogens (tertiary/aromatic N) is 2. The summed E-state index contributed by atoms with van der Waals surface area (Å²) in [6.07, 6.45) is 8.52. The summed E-state index contributed by atoms with van der Waals surface area (Å²) in [6.45, 7) is 2.28. The van der Waals surface area contributed by atoms with Crippen LogP contribution in [-0.4, -0.2) is 9.38 Å². The Labute approximate surface area is 96.3 Å². The molecule has 0 amide bonds. The first-order valence-corrected chi connectivity index (χ1v) is 6.33. The third-order valence-electron chi connectivity index (χ3n) is 3.68. The van der Waals surface area contributed by atoms with Crippen molar-refractivity contribution in [3.8, 4) is 0 Å². The Kier molecular flexibility index (Phi) is 2.43. The molecule has 1 atom stereocenters. The zero-order valence-corrected chi connectivity index (χ0v) is 9.82. The van der Waals surface area contributed by atoms with E-state index in [1.165, 1.54) is 43.5 Å². The summed E-state index contributed by atoms with van der Waals surface area (Å²) in [7, 11) is 0. The molecule has 2 aromatic heterocycles. The molecule has 84 valence electrons. The van der Waals surface area contributed by atoms with Gasteiger partial charge in [0.05, 0.1) is 5.69 Å². The van der Waals surface area contributed by atoms with Crippen molar-refractivity contribution in [2.75, 3.05) is 0 Å². The lowest BCUT2D eigenvalue weighted by Gasteiger charge is -2.21. The molecule has 0 aromatic carbocycles. The van der Waals surface area contributed by atoms with Crippen LogP contribution in [0.1, 0.15) is 37.6 Å². The Morgan fingerprint density at radius 2 is 2.38 bits per heavy atom. The monoisotopic (exact) mass is 214 g/mol. The molecule has 2 heterocycles. The van der Waals surface area contributed by atoms with Gasteiger partial charge in [0.1, 0.15) is 5.65 Å². The number of hydrogen-bond acceptors (Lipinski definition) is 1. The van der Waals surface area contributed by atoms with E-state index in [0.717, 1.165) is 11.6 Å². The smallest absolute Gasteiger partial charge is 0.137 e. The molecular weight excluding hydrogens is 196 g/mol. The van der Waals surface area contributed by atoms with Crippen LogP contribution in [0.4, 0.5) is 0 Å². The minimum absolute atomic E-state index is 0.873. The van der Waals surface area contributed by atoms with Gasteiger partial charge in [0.2, 0.25) is 0 Å². The van der Waals surface area contributed by atoms with Crippen LogP contribution in [0.2, 0.25) is 0 Å². The number of rotatable bonds is 2. The van der Waals surface area contributed by atoms with Gasteiger partial charge in [-0.2, -0.15) is 0 Å². The lowest BCUT2D eigenvalue weighted by atomic mass is 9.87. The summed E-state index contributed by atoms with van der Waals surface area (Å²) in [5, 5.41) is 0. The molecule has 2 aromatic rings. The van der Waals surface area contributed by atoms with Crippen LogP contribution in [0, 0.1) is 5.92 Å². The first-order chi connectivity index (χ1) is 7.88. The number of pyridine rings is 1. The van der Waals surface area contributed by atoms with Gasteiger partial charge in [-0.15, -0.1) is 0 Å². The fourth-order valence-corrected chi connectivity index (χ4v) is 2.88. The van der Waals surface area contributed by atoms with Crippen LogP contribution in [0.3, 0.4) is 0 Å². The van der Waals surface area contributed by atoms with Crippen molar-refractivity contribution in [2.45, 2.75) is 39.0 Å². The third-order valence-corrected chi connectivity index (χ3v) is 3.68. The molecule has 0 N–H and O–H groups in total. The van der Waals surface area contributed by atoms with Crippen molar-refractivity contribution in [1.29, 1.82) is 0 Å². The molecule has 2 nitrogen and oxygen atoms in total. The lowest BCUT2D eigenvalue weighted by molar-refractivity contribution is 0.414. The Hall–Kier alpha value is -1.31. The molecule has 1 aliphatic carbocycles. The van der Waals surface area contributed by atoms with Crippen molar-refractivity contribution >= 4 is 5.65 Å². The van der Waals surface area contributed by atoms with Gasteiger partial charge in [-0.25, -0.2) is 4.98 Å². The second kappa shape index (κ2) is 3.93. The summed E-state index contributed by atoms with van der Waals surface area (Å²) in [5.74, 6) is 0.873. The maximum Gasteiger partial charge on any atom is 0.137 e. The second-order valence-electron chi connectivity index (χ2n) is 4.83. The van der Waals surface area contributed by atoms with Gasteiger partial charge < -0.3 is 4.40 Å². The number of imidazole rings is 1. The summed E-state index contributed by atoms with van der Waals surface area (Å²) in [4.78, 5) is 4.71. The van der Waals surface area contributed by atoms with Crippen molar-refractivity contribution in [3.63, 3.8) is 0 Å². The van der Waals surface area contributed by atoms with Gasteiger partial charge in [-0.05, 0) is 37.3 Å². The summed E-state index contributed by atoms with van der Waals surface area (Å²) >= 11 is 0. The molecule has 0 saturated heterocycles. The van der Waals surface area contributed by atoms with Gasteiger partial charge in [0, 0.05) is 11.9 Å². The first kappa shape index (κ1) is 9.88. The number of fused-ring (bicyclic) bond motifs is 3. The standard InChI is InChI=1S/C14H18N2/c1-2-5-11-7-8-12-13(10-11)16-9-4-3-6-14(16)15-12/h3-4,6,9,11H,2,5,7-8,10H2,1H3. The van der Waals surface area contributed by atoms with Crippen LogP contribution >= 0.6 is 0 Å². The van der Waals surface area contributed by atoms with Gasteiger partial charge in [-0.3, -0.25) is 0 Å². The van der Waals surface area contributed by atoms with E-state index >= 15 is 0 Å². The van der Waals surface area contributed by atoms with Gasteiger partial charge >= 0.3 is 0 Å². The molecular formula is C14H18N2. The largest absolute Gasteiger partial charge is 0.304 e. The van der Waals surface area contributed by atoms with E-state index in [4.69, 9.17) is 4.98 Å². The van der Waals surface area contributed by atoms with E-state index in [-0.39, 0.29) is 0 Å². The minimum Gasteiger partial charge on any atom is -0.304 e. The Morgan fingerprint density at radius 1 is 1.44 bits per heavy atom. The van der Waals surface area contributed by atoms with E-state index in [0.29, 0.717) is 0 Å². The fourth-order valence-electron chi connectivity index (χ4n) is 2.88. The van der Waals surface area contributed by atoms with Crippen LogP contribution < -0.4 is 0 Å². The second-order valence-corrected chi connectivity index (χ2v) is 4.83. The van der Waals surface area contributed by atoms with E-state index in [1.807, 2.05) is 0 Å². The molecule has 0 bridgehead atoms. The summed E-state index contributed by atoms with van der Waals surface area (Å²) in [6, 6.07) is 6.27. The average molecular weight is 214 g/mol. The van der Waals surface area contributed by atoms with Crippen molar-refractivity contribution < 1.29 is 0 Å². The highest BCUT2D eigenvalue weighted by molar-refractivity contribution is 5.43. The van der Waals surface area contributed by atoms with Gasteiger partial charge in [-0.1, -0.05) is 25.8 Å². The lowest BCUT2D eigenvalue weighted by Crippen LogP contribution is -2.15. The van der Waals surface area contributed by atoms with Crippen molar-refractivity contribution in [2.24, 2.45) is 5.92 Å². The van der Waals surface area contributed by atoms with E-state index in [2.05, 4.69) is 35.7 Å². The van der Waals surface area contributed by atoms with Gasteiger partial charge in [0.25, 0.3) is 0 Å². The Balaban J connectivity index is 2.01. The molecule has 0 aliphatic heterocycles. The zero-order valence-electron chi connectivity index (χ0n) is 9.82. The molecule has 0 saturated carbocycles. The number of aryl methyl sites for hydroxylation is 1. The first-order valence-electron chi connectivity index (χ1n) is 6.33. The van der Waals surface area contributed by atoms with Crippen LogP contribution in [0.5, 0.6) is 0 Å². The fraction of sp³-hybridized carbons (Fsp3) is 0.500. The molecule has 2 heteroatoms. The minimum atomic E-state index is 0.873. The topological polar surface area (TPSA) is 17.3 Å². The molecule has 1 aliphatic rings. The van der Waals surface area contributed by atoms with E-state index in [1.54, 1.807) is 0 Å². The molecule has 0 fully saturated rings. The third kappa shape index (κ3) is 1.53. The van der Waals surface area contributed by atoms with Crippen molar-refractivity contribution in [1.82, 2.24) is 9.38 Å². The molecule has 1 unspecified atom stereocenters. The van der Waals surface area contributed by atoms with Gasteiger partial charge in [0.15, 0.2) is 0 Å². The van der Waals surface area contributed by atoms with Crippen LogP contribution in [-0.2, 0) is 12.8 Å². The maximum atomic E-state index is 4.71. The highest BCUT2D eigenvalue weighted by Gasteiger charge is 2.22.